The van der Waals surface area contributed by atoms with Crippen molar-refractivity contribution < 1.29 is 18.3 Å². The Labute approximate surface area is 128 Å². The van der Waals surface area contributed by atoms with E-state index in [2.05, 4.69) is 0 Å². The summed E-state index contributed by atoms with van der Waals surface area (Å²) < 4.78 is 28.0. The van der Waals surface area contributed by atoms with Crippen LogP contribution in [0.4, 0.5) is 0 Å². The Morgan fingerprint density at radius 1 is 1.48 bits per heavy atom. The molecule has 0 spiro atoms. The van der Waals surface area contributed by atoms with Gasteiger partial charge in [-0.3, -0.25) is 4.79 Å². The smallest absolute Gasteiger partial charge is 0.303 e. The first-order valence-electron chi connectivity index (χ1n) is 7.72. The maximum absolute atomic E-state index is 12.5. The first-order chi connectivity index (χ1) is 9.78. The van der Waals surface area contributed by atoms with Gasteiger partial charge in [-0.1, -0.05) is 20.3 Å². The minimum Gasteiger partial charge on any atom is -0.481 e. The van der Waals surface area contributed by atoms with E-state index in [0.717, 1.165) is 25.7 Å². The molecule has 6 nitrogen and oxygen atoms in total. The summed E-state index contributed by atoms with van der Waals surface area (Å²) in [4.78, 5) is 10.8. The molecule has 1 saturated heterocycles. The quantitative estimate of drug-likeness (QED) is 0.739. The largest absolute Gasteiger partial charge is 0.481 e. The standard InChI is InChI=1S/C14H28N2O4S/c1-4-5-8-15(3)21(19,20)16-9-6-7-13(11-16)12(2)10-14(17)18/h12-13H,4-11H2,1-3H3,(H,17,18). The molecule has 0 aromatic rings. The highest BCUT2D eigenvalue weighted by molar-refractivity contribution is 7.86. The average molecular weight is 320 g/mol. The van der Waals surface area contributed by atoms with Gasteiger partial charge in [-0.2, -0.15) is 17.0 Å². The highest BCUT2D eigenvalue weighted by atomic mass is 32.2. The van der Waals surface area contributed by atoms with Crippen LogP contribution >= 0.6 is 0 Å². The molecule has 0 aromatic carbocycles. The van der Waals surface area contributed by atoms with Crippen LogP contribution in [-0.4, -0.2) is 54.8 Å². The van der Waals surface area contributed by atoms with Crippen LogP contribution in [0.15, 0.2) is 0 Å². The molecule has 2 unspecified atom stereocenters. The Morgan fingerprint density at radius 2 is 2.14 bits per heavy atom. The van der Waals surface area contributed by atoms with Gasteiger partial charge in [0.25, 0.3) is 10.2 Å². The second-order valence-electron chi connectivity index (χ2n) is 6.02. The van der Waals surface area contributed by atoms with Crippen molar-refractivity contribution in [2.45, 2.75) is 46.0 Å². The van der Waals surface area contributed by atoms with Crippen LogP contribution < -0.4 is 0 Å². The second kappa shape index (κ2) is 8.10. The zero-order chi connectivity index (χ0) is 16.0. The van der Waals surface area contributed by atoms with Gasteiger partial charge in [0.05, 0.1) is 0 Å². The monoisotopic (exact) mass is 320 g/mol. The highest BCUT2D eigenvalue weighted by Crippen LogP contribution is 2.28. The lowest BCUT2D eigenvalue weighted by atomic mass is 9.85. The Hall–Kier alpha value is -0.660. The van der Waals surface area contributed by atoms with Crippen LogP contribution in [0.1, 0.15) is 46.0 Å². The molecule has 0 aromatic heterocycles. The van der Waals surface area contributed by atoms with E-state index in [0.29, 0.717) is 19.6 Å². The van der Waals surface area contributed by atoms with E-state index in [4.69, 9.17) is 5.11 Å². The Balaban J connectivity index is 2.68. The molecule has 0 saturated carbocycles. The molecule has 1 aliphatic heterocycles. The lowest BCUT2D eigenvalue weighted by Gasteiger charge is -2.36. The van der Waals surface area contributed by atoms with Gasteiger partial charge in [0.15, 0.2) is 0 Å². The molecule has 0 radical (unpaired) electrons. The normalized spacial score (nSPS) is 22.4. The first kappa shape index (κ1) is 18.4. The van der Waals surface area contributed by atoms with E-state index in [1.807, 2.05) is 13.8 Å². The molecule has 0 bridgehead atoms. The topological polar surface area (TPSA) is 77.9 Å². The third kappa shape index (κ3) is 5.23. The lowest BCUT2D eigenvalue weighted by molar-refractivity contribution is -0.138. The van der Waals surface area contributed by atoms with Gasteiger partial charge in [0.2, 0.25) is 0 Å². The van der Waals surface area contributed by atoms with E-state index < -0.39 is 16.2 Å². The number of unbranched alkanes of at least 4 members (excludes halogenated alkanes) is 1. The van der Waals surface area contributed by atoms with Gasteiger partial charge >= 0.3 is 5.97 Å². The fourth-order valence-electron chi connectivity index (χ4n) is 2.78. The summed E-state index contributed by atoms with van der Waals surface area (Å²) in [5.41, 5.74) is 0. The molecular formula is C14H28N2O4S. The van der Waals surface area contributed by atoms with Crippen molar-refractivity contribution in [3.05, 3.63) is 0 Å². The fourth-order valence-corrected chi connectivity index (χ4v) is 4.28. The number of carbonyl (C=O) groups is 1. The Bertz CT molecular complexity index is 438. The van der Waals surface area contributed by atoms with Gasteiger partial charge in [-0.25, -0.2) is 0 Å². The molecule has 124 valence electrons. The zero-order valence-corrected chi connectivity index (χ0v) is 14.1. The van der Waals surface area contributed by atoms with E-state index >= 15 is 0 Å². The van der Waals surface area contributed by atoms with Crippen LogP contribution in [0.25, 0.3) is 0 Å². The van der Waals surface area contributed by atoms with Gasteiger partial charge in [0, 0.05) is 33.1 Å². The molecule has 1 heterocycles. The third-order valence-corrected chi connectivity index (χ3v) is 6.22. The van der Waals surface area contributed by atoms with Crippen LogP contribution in [0.3, 0.4) is 0 Å². The molecule has 1 fully saturated rings. The fraction of sp³-hybridized carbons (Fsp3) is 0.929. The minimum atomic E-state index is -3.41. The van der Waals surface area contributed by atoms with Crippen LogP contribution in [0, 0.1) is 11.8 Å². The van der Waals surface area contributed by atoms with E-state index in [1.54, 1.807) is 7.05 Å². The van der Waals surface area contributed by atoms with Crippen molar-refractivity contribution in [1.29, 1.82) is 0 Å². The van der Waals surface area contributed by atoms with Crippen LogP contribution in [0.5, 0.6) is 0 Å². The Kier molecular flexibility index (Phi) is 7.09. The number of carboxylic acid groups (broad SMARTS) is 1. The van der Waals surface area contributed by atoms with Gasteiger partial charge in [-0.15, -0.1) is 0 Å². The molecule has 1 N–H and O–H groups in total. The maximum Gasteiger partial charge on any atom is 0.303 e. The summed E-state index contributed by atoms with van der Waals surface area (Å²) in [7, 11) is -1.79. The molecule has 0 amide bonds. The summed E-state index contributed by atoms with van der Waals surface area (Å²) in [5, 5.41) is 8.89. The van der Waals surface area contributed by atoms with E-state index in [9.17, 15) is 13.2 Å². The predicted octanol–water partition coefficient (Wildman–Crippen LogP) is 1.79. The number of carboxylic acids is 1. The summed E-state index contributed by atoms with van der Waals surface area (Å²) in [6, 6.07) is 0. The summed E-state index contributed by atoms with van der Waals surface area (Å²) >= 11 is 0. The molecule has 21 heavy (non-hydrogen) atoms. The number of piperidine rings is 1. The summed E-state index contributed by atoms with van der Waals surface area (Å²) in [6.45, 7) is 5.44. The van der Waals surface area contributed by atoms with Crippen molar-refractivity contribution in [1.82, 2.24) is 8.61 Å². The van der Waals surface area contributed by atoms with Crippen molar-refractivity contribution in [3.8, 4) is 0 Å². The van der Waals surface area contributed by atoms with Crippen LogP contribution in [-0.2, 0) is 15.0 Å². The van der Waals surface area contributed by atoms with Gasteiger partial charge in [0.1, 0.15) is 0 Å². The molecular weight excluding hydrogens is 292 g/mol. The molecule has 2 atom stereocenters. The highest BCUT2D eigenvalue weighted by Gasteiger charge is 2.33. The molecule has 1 aliphatic rings. The molecule has 0 aliphatic carbocycles. The van der Waals surface area contributed by atoms with Gasteiger partial charge in [-0.05, 0) is 31.1 Å². The maximum atomic E-state index is 12.5. The number of rotatable bonds is 8. The number of aliphatic carboxylic acids is 1. The van der Waals surface area contributed by atoms with Gasteiger partial charge < -0.3 is 5.11 Å². The SMILES string of the molecule is CCCCN(C)S(=O)(=O)N1CCCC(C(C)CC(=O)O)C1. The van der Waals surface area contributed by atoms with Crippen molar-refractivity contribution in [2.24, 2.45) is 11.8 Å². The molecule has 1 rings (SSSR count). The van der Waals surface area contributed by atoms with Crippen molar-refractivity contribution in [3.63, 3.8) is 0 Å². The van der Waals surface area contributed by atoms with E-state index in [-0.39, 0.29) is 18.3 Å². The summed E-state index contributed by atoms with van der Waals surface area (Å²) in [5.74, 6) is -0.687. The summed E-state index contributed by atoms with van der Waals surface area (Å²) in [6.07, 6.45) is 3.61. The predicted molar refractivity (Wildman–Crippen MR) is 82.2 cm³/mol. The first-order valence-corrected chi connectivity index (χ1v) is 9.12. The Morgan fingerprint density at radius 3 is 2.71 bits per heavy atom. The lowest BCUT2D eigenvalue weighted by Crippen LogP contribution is -2.48. The zero-order valence-electron chi connectivity index (χ0n) is 13.3. The number of nitrogens with zero attached hydrogens (tertiary/aromatic N) is 2. The van der Waals surface area contributed by atoms with Crippen molar-refractivity contribution in [2.75, 3.05) is 26.7 Å². The van der Waals surface area contributed by atoms with Crippen LogP contribution in [0.2, 0.25) is 0 Å². The minimum absolute atomic E-state index is 0.00134. The third-order valence-electron chi connectivity index (χ3n) is 4.27. The number of hydrogen-bond donors (Lipinski definition) is 1. The molecule has 7 heteroatoms. The average Bonchev–Trinajstić information content (AvgIpc) is 2.44. The number of hydrogen-bond acceptors (Lipinski definition) is 3. The second-order valence-corrected chi connectivity index (χ2v) is 8.05. The van der Waals surface area contributed by atoms with E-state index in [1.165, 1.54) is 8.61 Å². The van der Waals surface area contributed by atoms with Crippen molar-refractivity contribution >= 4 is 16.2 Å².